The van der Waals surface area contributed by atoms with Crippen LogP contribution >= 0.6 is 0 Å². The van der Waals surface area contributed by atoms with Crippen LogP contribution < -0.4 is 30.7 Å². The molecular formula is C42H65F4N7O9S. The van der Waals surface area contributed by atoms with E-state index in [0.29, 0.717) is 47.1 Å². The van der Waals surface area contributed by atoms with E-state index >= 15 is 0 Å². The summed E-state index contributed by atoms with van der Waals surface area (Å²) in [5.74, 6) is -2.45. The number of sulfonamides is 1. The minimum absolute atomic E-state index is 0. The van der Waals surface area contributed by atoms with Gasteiger partial charge in [-0.2, -0.15) is 18.3 Å². The number of allylic oxidation sites excluding steroid dienone is 2. The lowest BCUT2D eigenvalue weighted by Gasteiger charge is -2.25. The largest absolute Gasteiger partial charge is 0.492 e. The summed E-state index contributed by atoms with van der Waals surface area (Å²) >= 11 is 0. The van der Waals surface area contributed by atoms with Gasteiger partial charge in [0.2, 0.25) is 27.7 Å². The van der Waals surface area contributed by atoms with E-state index in [9.17, 15) is 50.0 Å². The van der Waals surface area contributed by atoms with Gasteiger partial charge in [-0.1, -0.05) is 45.3 Å². The van der Waals surface area contributed by atoms with Crippen LogP contribution in [-0.4, -0.2) is 95.5 Å². The summed E-state index contributed by atoms with van der Waals surface area (Å²) in [6.07, 6.45) is 8.45. The highest BCUT2D eigenvalue weighted by Crippen LogP contribution is 2.44. The number of carbonyl (C=O) groups excluding carboxylic acids is 4. The van der Waals surface area contributed by atoms with Gasteiger partial charge in [0.15, 0.2) is 22.9 Å². The zero-order valence-electron chi connectivity index (χ0n) is 36.6. The first-order chi connectivity index (χ1) is 29.5. The van der Waals surface area contributed by atoms with E-state index in [2.05, 4.69) is 39.2 Å². The number of nitrogens with two attached hydrogens (primary N) is 1. The Morgan fingerprint density at radius 2 is 1.83 bits per heavy atom. The molecule has 2 heterocycles. The molecule has 5 rings (SSSR count). The van der Waals surface area contributed by atoms with Crippen LogP contribution in [0.15, 0.2) is 47.4 Å². The summed E-state index contributed by atoms with van der Waals surface area (Å²) in [6, 6.07) is 4.29. The molecule has 1 aromatic carbocycles. The molecule has 5 N–H and O–H groups in total. The summed E-state index contributed by atoms with van der Waals surface area (Å²) in [5, 5.41) is 6.11. The van der Waals surface area contributed by atoms with Gasteiger partial charge in [0.05, 0.1) is 30.0 Å². The van der Waals surface area contributed by atoms with Crippen molar-refractivity contribution in [1.82, 2.24) is 29.7 Å². The van der Waals surface area contributed by atoms with Crippen molar-refractivity contribution in [3.05, 3.63) is 64.3 Å². The molecule has 2 aliphatic carbocycles. The van der Waals surface area contributed by atoms with Crippen molar-refractivity contribution in [1.29, 1.82) is 0 Å². The number of aromatic nitrogens is 3. The summed E-state index contributed by atoms with van der Waals surface area (Å²) < 4.78 is 86.7. The molecule has 2 aromatic heterocycles. The van der Waals surface area contributed by atoms with Crippen molar-refractivity contribution < 1.29 is 58.9 Å². The van der Waals surface area contributed by atoms with Gasteiger partial charge in [0.25, 0.3) is 5.91 Å². The van der Waals surface area contributed by atoms with Crippen LogP contribution in [0.4, 0.5) is 17.6 Å². The van der Waals surface area contributed by atoms with Gasteiger partial charge in [-0.15, -0.1) is 0 Å². The molecule has 3 unspecified atom stereocenters. The fraction of sp³-hybridized carbons (Fsp3) is 0.571. The molecule has 0 radical (unpaired) electrons. The van der Waals surface area contributed by atoms with E-state index in [-0.39, 0.29) is 45.0 Å². The van der Waals surface area contributed by atoms with E-state index in [0.717, 1.165) is 30.0 Å². The molecule has 2 saturated carbocycles. The maximum atomic E-state index is 13.6. The molecule has 0 aliphatic heterocycles. The predicted molar refractivity (Wildman–Crippen MR) is 234 cm³/mol. The zero-order valence-corrected chi connectivity index (χ0v) is 37.5. The minimum atomic E-state index is -4.46. The van der Waals surface area contributed by atoms with Crippen molar-refractivity contribution in [3.63, 3.8) is 0 Å². The quantitative estimate of drug-likeness (QED) is 0.0601. The SMILES string of the molecule is CCCC(C(N)=O)N(C)C(=O)CNC(=O)c1ccn(CC(F)(F)F)n1.CCCCC/C=C\C1CC1C(=O)NS(=O)(=O)C1(C)CC1.COc1c(F)ccc2c(=O)cc(OC(C)C)[nH]c12.[HH].[HH].[HH]. The molecule has 0 spiro atoms. The topological polar surface area (TPSA) is 225 Å². The second-order valence-corrected chi connectivity index (χ2v) is 18.1. The van der Waals surface area contributed by atoms with E-state index < -0.39 is 63.6 Å². The van der Waals surface area contributed by atoms with Crippen LogP contribution in [0, 0.1) is 17.7 Å². The van der Waals surface area contributed by atoms with Gasteiger partial charge in [-0.25, -0.2) is 12.8 Å². The molecule has 16 nitrogen and oxygen atoms in total. The highest BCUT2D eigenvalue weighted by molar-refractivity contribution is 7.91. The minimum Gasteiger partial charge on any atom is -0.492 e. The van der Waals surface area contributed by atoms with Crippen molar-refractivity contribution in [2.75, 3.05) is 20.7 Å². The molecule has 4 amide bonds. The summed E-state index contributed by atoms with van der Waals surface area (Å²) in [6.45, 7) is 7.62. The van der Waals surface area contributed by atoms with E-state index in [1.807, 2.05) is 20.8 Å². The standard InChI is InChI=1S/C15H25NO3S.C14H20F3N5O3.C13H14FNO3.3H2/c1-3-4-5-6-7-8-12-11-13(12)14(17)16-20(18,19)15(2)9-10-15;1-3-4-10(12(18)24)21(2)11(23)7-19-13(25)9-5-6-22(20-9)8-14(15,16)17;1-7(2)18-11-6-10(16)8-4-5-9(14)13(17-3)12(8)15-11;;;/h7-8,12-13H,3-6,9-11H2,1-2H3,(H,16,17);5-6,10H,3-4,7-8H2,1-2H3,(H2,18,24)(H,19,25);4-7H,1-3H3,(H,15,16);3*1H/b8-7-;;;;;. The molecule has 21 heteroatoms. The van der Waals surface area contributed by atoms with Crippen molar-refractivity contribution in [2.45, 2.75) is 122 Å². The smallest absolute Gasteiger partial charge is 0.408 e. The summed E-state index contributed by atoms with van der Waals surface area (Å²) in [7, 11) is -0.731. The number of alkyl halides is 3. The first-order valence-electron chi connectivity index (χ1n) is 20.7. The fourth-order valence-electron chi connectivity index (χ4n) is 6.15. The number of H-pyrrole nitrogens is 1. The Balaban J connectivity index is 0.000000950. The van der Waals surface area contributed by atoms with E-state index in [1.165, 1.54) is 51.6 Å². The number of unbranched alkanes of at least 4 members (excludes halogenated alkanes) is 3. The number of pyridine rings is 1. The third kappa shape index (κ3) is 15.7. The third-order valence-electron chi connectivity index (χ3n) is 10.2. The average molecular weight is 920 g/mol. The van der Waals surface area contributed by atoms with Gasteiger partial charge >= 0.3 is 6.18 Å². The monoisotopic (exact) mass is 919 g/mol. The number of nitrogens with zero attached hydrogens (tertiary/aromatic N) is 3. The summed E-state index contributed by atoms with van der Waals surface area (Å²) in [5.41, 5.74) is 5.05. The van der Waals surface area contributed by atoms with Crippen molar-refractivity contribution in [2.24, 2.45) is 17.6 Å². The maximum absolute atomic E-state index is 13.6. The number of aromatic amines is 1. The molecule has 2 aliphatic rings. The molecule has 3 aromatic rings. The number of hydrogen-bond acceptors (Lipinski definition) is 10. The number of primary amides is 1. The molecular weight excluding hydrogens is 855 g/mol. The Bertz CT molecular complexity index is 2270. The van der Waals surface area contributed by atoms with E-state index in [1.54, 1.807) is 6.92 Å². The Hall–Kier alpha value is -5.47. The number of likely N-dealkylation sites (N-methyl/N-ethyl adjacent to an activating group) is 1. The second-order valence-electron chi connectivity index (χ2n) is 15.9. The molecule has 0 saturated heterocycles. The number of carbonyl (C=O) groups is 4. The van der Waals surface area contributed by atoms with Crippen LogP contribution in [0.2, 0.25) is 0 Å². The van der Waals surface area contributed by atoms with E-state index in [4.69, 9.17) is 15.2 Å². The van der Waals surface area contributed by atoms with Gasteiger partial charge < -0.3 is 30.4 Å². The highest BCUT2D eigenvalue weighted by atomic mass is 32.2. The molecule has 0 bridgehead atoms. The Kier molecular flexibility index (Phi) is 18.7. The molecule has 2 fully saturated rings. The Morgan fingerprint density at radius 3 is 2.40 bits per heavy atom. The van der Waals surface area contributed by atoms with Crippen LogP contribution in [-0.2, 0) is 31.0 Å². The molecule has 356 valence electrons. The highest BCUT2D eigenvalue weighted by Gasteiger charge is 2.52. The first kappa shape index (κ1) is 51.9. The van der Waals surface area contributed by atoms with Crippen molar-refractivity contribution >= 4 is 44.6 Å². The summed E-state index contributed by atoms with van der Waals surface area (Å²) in [4.78, 5) is 63.0. The number of hydrogen-bond donors (Lipinski definition) is 4. The number of ether oxygens (including phenoxy) is 2. The zero-order chi connectivity index (χ0) is 47.3. The number of fused-ring (bicyclic) bond motifs is 1. The van der Waals surface area contributed by atoms with Gasteiger partial charge in [0, 0.05) is 34.9 Å². The fourth-order valence-corrected chi connectivity index (χ4v) is 7.45. The van der Waals surface area contributed by atoms with Crippen molar-refractivity contribution in [3.8, 4) is 11.6 Å². The number of amides is 4. The van der Waals surface area contributed by atoms with Gasteiger partial charge in [-0.05, 0) is 83.4 Å². The van der Waals surface area contributed by atoms with Gasteiger partial charge in [-0.3, -0.25) is 33.4 Å². The first-order valence-corrected chi connectivity index (χ1v) is 22.2. The predicted octanol–water partition coefficient (Wildman–Crippen LogP) is 6.25. The van der Waals surface area contributed by atoms with Gasteiger partial charge in [0.1, 0.15) is 18.3 Å². The Morgan fingerprint density at radius 1 is 1.14 bits per heavy atom. The maximum Gasteiger partial charge on any atom is 0.408 e. The van der Waals surface area contributed by atoms with Crippen LogP contribution in [0.1, 0.15) is 107 Å². The number of rotatable bonds is 19. The normalized spacial score (nSPS) is 16.8. The lowest BCUT2D eigenvalue weighted by molar-refractivity contribution is -0.142. The van der Waals surface area contributed by atoms with Crippen LogP contribution in [0.25, 0.3) is 10.9 Å². The molecule has 3 atom stereocenters. The second kappa shape index (κ2) is 22.8. The number of benzene rings is 1. The number of nitrogens with one attached hydrogen (secondary N) is 3. The average Bonchev–Trinajstić information content (AvgIpc) is 4.11. The lowest BCUT2D eigenvalue weighted by atomic mass is 10.1. The lowest BCUT2D eigenvalue weighted by Crippen LogP contribution is -2.48. The molecule has 63 heavy (non-hydrogen) atoms. The number of halogens is 4. The number of methoxy groups -OCH3 is 1. The third-order valence-corrected chi connectivity index (χ3v) is 12.4. The Labute approximate surface area is 368 Å². The van der Waals surface area contributed by atoms with Crippen LogP contribution in [0.3, 0.4) is 0 Å². The van der Waals surface area contributed by atoms with Crippen LogP contribution in [0.5, 0.6) is 11.6 Å².